The number of hydrogen-bond donors (Lipinski definition) is 0. The second kappa shape index (κ2) is 5.10. The molecule has 0 aromatic heterocycles. The van der Waals surface area contributed by atoms with Crippen molar-refractivity contribution in [2.45, 2.75) is 18.2 Å². The molecule has 0 radical (unpaired) electrons. The number of hydrogen-bond acceptors (Lipinski definition) is 2. The minimum atomic E-state index is -0.849. The van der Waals surface area contributed by atoms with Crippen LogP contribution in [-0.2, 0) is 4.79 Å². The van der Waals surface area contributed by atoms with Crippen LogP contribution in [0.5, 0.6) is 0 Å². The maximum Gasteiger partial charge on any atom is 0.159 e. The number of Topliss-reactive ketones (excluding diaryl/α,β-unsaturated/α-hetero) is 1. The Hall–Kier alpha value is -0.900. The molecule has 0 fully saturated rings. The van der Waals surface area contributed by atoms with Gasteiger partial charge in [-0.15, -0.1) is 11.8 Å². The van der Waals surface area contributed by atoms with E-state index in [2.05, 4.69) is 0 Å². The summed E-state index contributed by atoms with van der Waals surface area (Å²) in [5, 5.41) is 0. The van der Waals surface area contributed by atoms with Gasteiger partial charge in [0.25, 0.3) is 0 Å². The van der Waals surface area contributed by atoms with Crippen molar-refractivity contribution in [2.75, 3.05) is 5.75 Å². The van der Waals surface area contributed by atoms with Gasteiger partial charge in [0, 0.05) is 17.1 Å². The molecule has 0 spiro atoms. The zero-order chi connectivity index (χ0) is 10.6. The van der Waals surface area contributed by atoms with Crippen LogP contribution in [0.3, 0.4) is 0 Å². The van der Waals surface area contributed by atoms with E-state index in [9.17, 15) is 13.6 Å². The second-order valence-electron chi connectivity index (χ2n) is 2.88. The van der Waals surface area contributed by atoms with E-state index in [0.29, 0.717) is 17.1 Å². The van der Waals surface area contributed by atoms with E-state index < -0.39 is 11.6 Å². The average Bonchev–Trinajstić information content (AvgIpc) is 2.10. The van der Waals surface area contributed by atoms with Gasteiger partial charge in [0.15, 0.2) is 11.6 Å². The summed E-state index contributed by atoms with van der Waals surface area (Å²) in [6, 6.07) is 3.73. The molecule has 1 nitrogen and oxygen atoms in total. The van der Waals surface area contributed by atoms with Crippen LogP contribution in [0.1, 0.15) is 13.3 Å². The van der Waals surface area contributed by atoms with E-state index >= 15 is 0 Å². The van der Waals surface area contributed by atoms with Crippen LogP contribution >= 0.6 is 11.8 Å². The van der Waals surface area contributed by atoms with Crippen LogP contribution in [0.15, 0.2) is 23.1 Å². The van der Waals surface area contributed by atoms with E-state index in [1.165, 1.54) is 24.8 Å². The molecule has 1 aromatic rings. The standard InChI is InChI=1S/C10H10F2OS/c1-7(13)4-5-14-8-2-3-9(11)10(12)6-8/h2-3,6H,4-5H2,1H3. The zero-order valence-electron chi connectivity index (χ0n) is 7.72. The third kappa shape index (κ3) is 3.46. The molecule has 1 aromatic carbocycles. The lowest BCUT2D eigenvalue weighted by Gasteiger charge is -2.00. The van der Waals surface area contributed by atoms with Crippen molar-refractivity contribution in [3.8, 4) is 0 Å². The van der Waals surface area contributed by atoms with Gasteiger partial charge in [-0.3, -0.25) is 4.79 Å². The highest BCUT2D eigenvalue weighted by Gasteiger charge is 2.03. The topological polar surface area (TPSA) is 17.1 Å². The maximum atomic E-state index is 12.7. The Labute approximate surface area is 85.5 Å². The van der Waals surface area contributed by atoms with Crippen molar-refractivity contribution >= 4 is 17.5 Å². The van der Waals surface area contributed by atoms with E-state index in [4.69, 9.17) is 0 Å². The Morgan fingerprint density at radius 2 is 2.07 bits per heavy atom. The molecule has 0 amide bonds. The van der Waals surface area contributed by atoms with Crippen molar-refractivity contribution in [3.63, 3.8) is 0 Å². The Kier molecular flexibility index (Phi) is 4.07. The van der Waals surface area contributed by atoms with Crippen LogP contribution < -0.4 is 0 Å². The Morgan fingerprint density at radius 1 is 1.36 bits per heavy atom. The molecular weight excluding hydrogens is 206 g/mol. The monoisotopic (exact) mass is 216 g/mol. The smallest absolute Gasteiger partial charge is 0.159 e. The summed E-state index contributed by atoms with van der Waals surface area (Å²) in [4.78, 5) is 11.3. The summed E-state index contributed by atoms with van der Waals surface area (Å²) >= 11 is 1.34. The second-order valence-corrected chi connectivity index (χ2v) is 4.04. The minimum absolute atomic E-state index is 0.0973. The summed E-state index contributed by atoms with van der Waals surface area (Å²) in [7, 11) is 0. The van der Waals surface area contributed by atoms with E-state index in [0.717, 1.165) is 12.1 Å². The highest BCUT2D eigenvalue weighted by molar-refractivity contribution is 7.99. The van der Waals surface area contributed by atoms with Crippen LogP contribution in [0.2, 0.25) is 0 Å². The molecular formula is C10H10F2OS. The summed E-state index contributed by atoms with van der Waals surface area (Å²) in [5.41, 5.74) is 0. The molecule has 0 N–H and O–H groups in total. The first-order valence-corrected chi connectivity index (χ1v) is 5.15. The van der Waals surface area contributed by atoms with E-state index in [1.54, 1.807) is 0 Å². The average molecular weight is 216 g/mol. The number of carbonyl (C=O) groups is 1. The van der Waals surface area contributed by atoms with Crippen molar-refractivity contribution in [1.29, 1.82) is 0 Å². The quantitative estimate of drug-likeness (QED) is 0.719. The summed E-state index contributed by atoms with van der Waals surface area (Å²) in [5.74, 6) is -1.00. The van der Waals surface area contributed by atoms with Crippen molar-refractivity contribution in [1.82, 2.24) is 0 Å². The summed E-state index contributed by atoms with van der Waals surface area (Å²) in [6.45, 7) is 1.51. The fourth-order valence-electron chi connectivity index (χ4n) is 0.879. The fourth-order valence-corrected chi connectivity index (χ4v) is 1.86. The maximum absolute atomic E-state index is 12.7. The van der Waals surface area contributed by atoms with Crippen LogP contribution in [-0.4, -0.2) is 11.5 Å². The largest absolute Gasteiger partial charge is 0.300 e. The van der Waals surface area contributed by atoms with Crippen molar-refractivity contribution < 1.29 is 13.6 Å². The normalized spacial score (nSPS) is 10.2. The van der Waals surface area contributed by atoms with Gasteiger partial charge in [-0.1, -0.05) is 0 Å². The highest BCUT2D eigenvalue weighted by Crippen LogP contribution is 2.20. The lowest BCUT2D eigenvalue weighted by molar-refractivity contribution is -0.116. The van der Waals surface area contributed by atoms with E-state index in [-0.39, 0.29) is 5.78 Å². The Bertz CT molecular complexity index is 339. The van der Waals surface area contributed by atoms with Gasteiger partial charge in [0.2, 0.25) is 0 Å². The van der Waals surface area contributed by atoms with Crippen LogP contribution in [0, 0.1) is 11.6 Å². The first-order chi connectivity index (χ1) is 6.59. The molecule has 0 saturated heterocycles. The van der Waals surface area contributed by atoms with Crippen molar-refractivity contribution in [2.24, 2.45) is 0 Å². The predicted octanol–water partition coefficient (Wildman–Crippen LogP) is 3.04. The number of benzene rings is 1. The van der Waals surface area contributed by atoms with Gasteiger partial charge < -0.3 is 0 Å². The number of rotatable bonds is 4. The number of ketones is 1. The van der Waals surface area contributed by atoms with Gasteiger partial charge in [0.1, 0.15) is 5.78 Å². The molecule has 0 aliphatic heterocycles. The minimum Gasteiger partial charge on any atom is -0.300 e. The SMILES string of the molecule is CC(=O)CCSc1ccc(F)c(F)c1. The highest BCUT2D eigenvalue weighted by atomic mass is 32.2. The molecule has 0 atom stereocenters. The fraction of sp³-hybridized carbons (Fsp3) is 0.300. The summed E-state index contributed by atoms with van der Waals surface area (Å²) < 4.78 is 25.2. The Morgan fingerprint density at radius 3 is 2.64 bits per heavy atom. The van der Waals surface area contributed by atoms with Gasteiger partial charge in [-0.2, -0.15) is 0 Å². The molecule has 4 heteroatoms. The zero-order valence-corrected chi connectivity index (χ0v) is 8.54. The molecule has 0 aliphatic rings. The van der Waals surface area contributed by atoms with E-state index in [1.807, 2.05) is 0 Å². The third-order valence-electron chi connectivity index (χ3n) is 1.61. The molecule has 0 unspecified atom stereocenters. The van der Waals surface area contributed by atoms with Crippen LogP contribution in [0.4, 0.5) is 8.78 Å². The van der Waals surface area contributed by atoms with Crippen LogP contribution in [0.25, 0.3) is 0 Å². The lowest BCUT2D eigenvalue weighted by Crippen LogP contribution is -1.92. The predicted molar refractivity (Wildman–Crippen MR) is 52.4 cm³/mol. The Balaban J connectivity index is 2.51. The number of thioether (sulfide) groups is 1. The molecule has 1 rings (SSSR count). The van der Waals surface area contributed by atoms with Gasteiger partial charge >= 0.3 is 0 Å². The molecule has 0 bridgehead atoms. The van der Waals surface area contributed by atoms with Gasteiger partial charge in [0.05, 0.1) is 0 Å². The van der Waals surface area contributed by atoms with Gasteiger partial charge in [-0.25, -0.2) is 8.78 Å². The van der Waals surface area contributed by atoms with Crippen molar-refractivity contribution in [3.05, 3.63) is 29.8 Å². The van der Waals surface area contributed by atoms with Gasteiger partial charge in [-0.05, 0) is 25.1 Å². The molecule has 0 saturated carbocycles. The third-order valence-corrected chi connectivity index (χ3v) is 2.61. The number of carbonyl (C=O) groups excluding carboxylic acids is 1. The number of halogens is 2. The molecule has 76 valence electrons. The first kappa shape index (κ1) is 11.2. The first-order valence-electron chi connectivity index (χ1n) is 4.17. The molecule has 14 heavy (non-hydrogen) atoms. The lowest BCUT2D eigenvalue weighted by atomic mass is 10.3. The molecule has 0 heterocycles. The summed E-state index contributed by atoms with van der Waals surface area (Å²) in [6.07, 6.45) is 0.448. The molecule has 0 aliphatic carbocycles.